The zero-order chi connectivity index (χ0) is 13.1. The number of hydrogen-bond donors (Lipinski definition) is 1. The second-order valence-corrected chi connectivity index (χ2v) is 5.69. The van der Waals surface area contributed by atoms with E-state index in [-0.39, 0.29) is 5.91 Å². The number of fused-ring (bicyclic) bond motifs is 1. The minimum Gasteiger partial charge on any atom is -0.459 e. The second-order valence-electron chi connectivity index (χ2n) is 4.55. The minimum absolute atomic E-state index is 0.169. The maximum absolute atomic E-state index is 11.8. The molecule has 1 amide bonds. The molecular weight excluding hydrogens is 258 g/mol. The van der Waals surface area contributed by atoms with E-state index in [1.165, 1.54) is 28.9 Å². The molecule has 3 rings (SSSR count). The largest absolute Gasteiger partial charge is 0.459 e. The molecule has 0 saturated carbocycles. The van der Waals surface area contributed by atoms with Crippen molar-refractivity contribution >= 4 is 17.7 Å². The quantitative estimate of drug-likeness (QED) is 0.933. The fraction of sp³-hybridized carbons (Fsp3) is 0.267. The predicted octanol–water partition coefficient (Wildman–Crippen LogP) is 3.25. The monoisotopic (exact) mass is 273 g/mol. The number of amides is 1. The molecule has 2 heterocycles. The van der Waals surface area contributed by atoms with Crippen molar-refractivity contribution in [1.82, 2.24) is 5.32 Å². The van der Waals surface area contributed by atoms with Crippen molar-refractivity contribution in [3.05, 3.63) is 53.5 Å². The van der Waals surface area contributed by atoms with Crippen molar-refractivity contribution in [2.45, 2.75) is 24.3 Å². The summed E-state index contributed by atoms with van der Waals surface area (Å²) in [4.78, 5) is 13.1. The first-order valence-corrected chi connectivity index (χ1v) is 7.38. The smallest absolute Gasteiger partial charge is 0.287 e. The molecule has 2 aromatic rings. The fourth-order valence-corrected chi connectivity index (χ4v) is 3.22. The standard InChI is InChI=1S/C15H15NO2S/c17-15(13-4-1-7-18-13)16-10-11-5-6-14-12(9-11)3-2-8-19-14/h1,4-7,9H,2-3,8,10H2,(H,16,17). The van der Waals surface area contributed by atoms with Crippen LogP contribution in [0.3, 0.4) is 0 Å². The van der Waals surface area contributed by atoms with Crippen LogP contribution in [0.4, 0.5) is 0 Å². The Balaban J connectivity index is 1.65. The molecule has 1 aliphatic heterocycles. The third kappa shape index (κ3) is 2.84. The molecule has 0 aliphatic carbocycles. The third-order valence-electron chi connectivity index (χ3n) is 3.17. The number of carbonyl (C=O) groups is 1. The van der Waals surface area contributed by atoms with Gasteiger partial charge in [0.05, 0.1) is 6.26 Å². The van der Waals surface area contributed by atoms with Gasteiger partial charge in [0.1, 0.15) is 0 Å². The zero-order valence-corrected chi connectivity index (χ0v) is 11.3. The third-order valence-corrected chi connectivity index (χ3v) is 4.37. The van der Waals surface area contributed by atoms with Gasteiger partial charge in [0.25, 0.3) is 5.91 Å². The highest BCUT2D eigenvalue weighted by atomic mass is 32.2. The first-order valence-electron chi connectivity index (χ1n) is 6.39. The van der Waals surface area contributed by atoms with Gasteiger partial charge in [0.2, 0.25) is 0 Å². The SMILES string of the molecule is O=C(NCc1ccc2c(c1)CCCS2)c1ccco1. The molecule has 4 heteroatoms. The van der Waals surface area contributed by atoms with Crippen LogP contribution in [-0.4, -0.2) is 11.7 Å². The number of rotatable bonds is 3. The summed E-state index contributed by atoms with van der Waals surface area (Å²) in [5, 5.41) is 2.87. The Hall–Kier alpha value is -1.68. The van der Waals surface area contributed by atoms with Crippen LogP contribution in [0.15, 0.2) is 45.9 Å². The lowest BCUT2D eigenvalue weighted by atomic mass is 10.1. The van der Waals surface area contributed by atoms with Crippen LogP contribution in [0.1, 0.15) is 28.1 Å². The van der Waals surface area contributed by atoms with Gasteiger partial charge >= 0.3 is 0 Å². The summed E-state index contributed by atoms with van der Waals surface area (Å²) in [6.45, 7) is 0.539. The van der Waals surface area contributed by atoms with Gasteiger partial charge in [-0.2, -0.15) is 0 Å². The van der Waals surface area contributed by atoms with Crippen molar-refractivity contribution in [2.24, 2.45) is 0 Å². The summed E-state index contributed by atoms with van der Waals surface area (Å²) in [5.74, 6) is 1.40. The van der Waals surface area contributed by atoms with E-state index in [0.29, 0.717) is 12.3 Å². The van der Waals surface area contributed by atoms with E-state index in [0.717, 1.165) is 12.0 Å². The van der Waals surface area contributed by atoms with E-state index < -0.39 is 0 Å². The maximum Gasteiger partial charge on any atom is 0.287 e. The number of furan rings is 1. The van der Waals surface area contributed by atoms with E-state index in [1.54, 1.807) is 12.1 Å². The van der Waals surface area contributed by atoms with E-state index in [4.69, 9.17) is 4.42 Å². The minimum atomic E-state index is -0.169. The van der Waals surface area contributed by atoms with Crippen molar-refractivity contribution in [1.29, 1.82) is 0 Å². The zero-order valence-electron chi connectivity index (χ0n) is 10.5. The molecule has 0 unspecified atom stereocenters. The van der Waals surface area contributed by atoms with E-state index in [2.05, 4.69) is 23.5 Å². The van der Waals surface area contributed by atoms with Crippen LogP contribution in [0.25, 0.3) is 0 Å². The molecule has 1 N–H and O–H groups in total. The molecule has 1 aliphatic rings. The molecule has 1 aromatic heterocycles. The Morgan fingerprint density at radius 2 is 2.32 bits per heavy atom. The van der Waals surface area contributed by atoms with Crippen LogP contribution in [0.5, 0.6) is 0 Å². The molecule has 0 spiro atoms. The topological polar surface area (TPSA) is 42.2 Å². The van der Waals surface area contributed by atoms with Crippen LogP contribution in [0, 0.1) is 0 Å². The van der Waals surface area contributed by atoms with Crippen LogP contribution >= 0.6 is 11.8 Å². The van der Waals surface area contributed by atoms with Gasteiger partial charge in [-0.3, -0.25) is 4.79 Å². The molecule has 98 valence electrons. The van der Waals surface area contributed by atoms with Crippen LogP contribution in [0.2, 0.25) is 0 Å². The molecule has 0 radical (unpaired) electrons. The van der Waals surface area contributed by atoms with Gasteiger partial charge in [-0.15, -0.1) is 11.8 Å². The van der Waals surface area contributed by atoms with Gasteiger partial charge in [-0.25, -0.2) is 0 Å². The number of carbonyl (C=O) groups excluding carboxylic acids is 1. The first kappa shape index (κ1) is 12.4. The summed E-state index contributed by atoms with van der Waals surface area (Å²) in [7, 11) is 0. The lowest BCUT2D eigenvalue weighted by Crippen LogP contribution is -2.22. The normalized spacial score (nSPS) is 13.9. The summed E-state index contributed by atoms with van der Waals surface area (Å²) in [6, 6.07) is 9.82. The van der Waals surface area contributed by atoms with Gasteiger partial charge in [-0.05, 0) is 47.9 Å². The van der Waals surface area contributed by atoms with Crippen molar-refractivity contribution < 1.29 is 9.21 Å². The highest BCUT2D eigenvalue weighted by Gasteiger charge is 2.11. The highest BCUT2D eigenvalue weighted by molar-refractivity contribution is 7.99. The second kappa shape index (κ2) is 5.53. The van der Waals surface area contributed by atoms with Crippen molar-refractivity contribution in [3.8, 4) is 0 Å². The summed E-state index contributed by atoms with van der Waals surface area (Å²) < 4.78 is 5.06. The Bertz CT molecular complexity index is 578. The van der Waals surface area contributed by atoms with Gasteiger partial charge in [0.15, 0.2) is 5.76 Å². The summed E-state index contributed by atoms with van der Waals surface area (Å²) in [6.07, 6.45) is 3.88. The number of thioether (sulfide) groups is 1. The summed E-state index contributed by atoms with van der Waals surface area (Å²) in [5.41, 5.74) is 2.54. The highest BCUT2D eigenvalue weighted by Crippen LogP contribution is 2.30. The average Bonchev–Trinajstić information content (AvgIpc) is 2.99. The molecule has 0 atom stereocenters. The van der Waals surface area contributed by atoms with Crippen molar-refractivity contribution in [3.63, 3.8) is 0 Å². The first-order chi connectivity index (χ1) is 9.33. The lowest BCUT2D eigenvalue weighted by molar-refractivity contribution is 0.0923. The summed E-state index contributed by atoms with van der Waals surface area (Å²) >= 11 is 1.92. The molecule has 3 nitrogen and oxygen atoms in total. The molecule has 1 aromatic carbocycles. The van der Waals surface area contributed by atoms with E-state index in [9.17, 15) is 4.79 Å². The predicted molar refractivity (Wildman–Crippen MR) is 75.4 cm³/mol. The van der Waals surface area contributed by atoms with Crippen molar-refractivity contribution in [2.75, 3.05) is 5.75 Å². The number of hydrogen-bond acceptors (Lipinski definition) is 3. The van der Waals surface area contributed by atoms with Gasteiger partial charge in [0, 0.05) is 11.4 Å². The molecule has 19 heavy (non-hydrogen) atoms. The molecule has 0 saturated heterocycles. The Kier molecular flexibility index (Phi) is 3.60. The van der Waals surface area contributed by atoms with E-state index >= 15 is 0 Å². The Labute approximate surface area is 116 Å². The van der Waals surface area contributed by atoms with Crippen LogP contribution in [-0.2, 0) is 13.0 Å². The fourth-order valence-electron chi connectivity index (χ4n) is 2.20. The Morgan fingerprint density at radius 1 is 1.37 bits per heavy atom. The van der Waals surface area contributed by atoms with E-state index in [1.807, 2.05) is 11.8 Å². The Morgan fingerprint density at radius 3 is 3.16 bits per heavy atom. The van der Waals surface area contributed by atoms with Gasteiger partial charge in [-0.1, -0.05) is 12.1 Å². The number of aryl methyl sites for hydroxylation is 1. The molecule has 0 fully saturated rings. The number of benzene rings is 1. The van der Waals surface area contributed by atoms with Gasteiger partial charge < -0.3 is 9.73 Å². The maximum atomic E-state index is 11.8. The lowest BCUT2D eigenvalue weighted by Gasteiger charge is -2.16. The number of nitrogens with one attached hydrogen (secondary N) is 1. The molecule has 0 bridgehead atoms. The van der Waals surface area contributed by atoms with Crippen LogP contribution < -0.4 is 5.32 Å². The average molecular weight is 273 g/mol. The molecular formula is C15H15NO2S.